The number of nitrogens with one attached hydrogen (secondary N) is 1. The Morgan fingerprint density at radius 3 is 2.43 bits per heavy atom. The number of alkyl carbamates (subject to hydrolysis) is 1. The van der Waals surface area contributed by atoms with Gasteiger partial charge < -0.3 is 15.2 Å². The second-order valence-corrected chi connectivity index (χ2v) is 11.4. The topological polar surface area (TPSA) is 119 Å². The summed E-state index contributed by atoms with van der Waals surface area (Å²) in [6, 6.07) is 22.7. The predicted molar refractivity (Wildman–Crippen MR) is 160 cm³/mol. The number of benzene rings is 3. The molecule has 0 saturated heterocycles. The van der Waals surface area contributed by atoms with Crippen molar-refractivity contribution in [1.29, 1.82) is 0 Å². The van der Waals surface area contributed by atoms with Gasteiger partial charge in [-0.1, -0.05) is 86.5 Å². The summed E-state index contributed by atoms with van der Waals surface area (Å²) in [5.41, 5.74) is 5.55. The van der Waals surface area contributed by atoms with E-state index in [0.29, 0.717) is 19.3 Å². The summed E-state index contributed by atoms with van der Waals surface area (Å²) in [6.45, 7) is 2.16. The van der Waals surface area contributed by atoms with E-state index < -0.39 is 24.1 Å². The molecular weight excluding hydrogens is 550 g/mol. The molecular formula is C32H31N5O4S. The van der Waals surface area contributed by atoms with Crippen LogP contribution >= 0.6 is 11.3 Å². The summed E-state index contributed by atoms with van der Waals surface area (Å²) in [6.07, 6.45) is 1.67. The molecule has 214 valence electrons. The zero-order valence-corrected chi connectivity index (χ0v) is 24.0. The summed E-state index contributed by atoms with van der Waals surface area (Å²) < 4.78 is 8.30. The van der Waals surface area contributed by atoms with Crippen LogP contribution < -0.4 is 5.32 Å². The maximum atomic E-state index is 13.4. The lowest BCUT2D eigenvalue weighted by Gasteiger charge is -2.21. The molecule has 1 amide bonds. The number of unbranched alkanes of at least 4 members (excludes halogenated alkanes) is 1. The molecule has 2 atom stereocenters. The number of aromatic nitrogens is 4. The predicted octanol–water partition coefficient (Wildman–Crippen LogP) is 6.53. The van der Waals surface area contributed by atoms with E-state index in [1.54, 1.807) is 11.3 Å². The molecule has 0 saturated carbocycles. The van der Waals surface area contributed by atoms with Crippen molar-refractivity contribution < 1.29 is 19.4 Å². The Morgan fingerprint density at radius 2 is 1.71 bits per heavy atom. The lowest BCUT2D eigenvalue weighted by atomic mass is 9.98. The van der Waals surface area contributed by atoms with E-state index in [1.807, 2.05) is 55.5 Å². The molecule has 6 rings (SSSR count). The number of nitrogens with zero attached hydrogens (tertiary/aromatic N) is 4. The fraction of sp³-hybridized carbons (Fsp3) is 0.281. The lowest BCUT2D eigenvalue weighted by molar-refractivity contribution is -0.141. The Kier molecular flexibility index (Phi) is 7.96. The number of tetrazole rings is 1. The monoisotopic (exact) mass is 581 g/mol. The molecule has 0 fully saturated rings. The number of amides is 1. The van der Waals surface area contributed by atoms with Gasteiger partial charge in [-0.2, -0.15) is 0 Å². The largest absolute Gasteiger partial charge is 0.480 e. The van der Waals surface area contributed by atoms with Gasteiger partial charge in [-0.05, 0) is 61.5 Å². The summed E-state index contributed by atoms with van der Waals surface area (Å²) in [4.78, 5) is 25.6. The second kappa shape index (κ2) is 12.1. The van der Waals surface area contributed by atoms with Crippen LogP contribution in [0.25, 0.3) is 21.2 Å². The minimum absolute atomic E-state index is 0.0850. The Morgan fingerprint density at radius 1 is 1.02 bits per heavy atom. The number of aliphatic carboxylic acids is 1. The van der Waals surface area contributed by atoms with E-state index in [9.17, 15) is 14.7 Å². The average molecular weight is 582 g/mol. The van der Waals surface area contributed by atoms with E-state index in [-0.39, 0.29) is 18.3 Å². The fourth-order valence-corrected chi connectivity index (χ4v) is 6.78. The summed E-state index contributed by atoms with van der Waals surface area (Å²) in [7, 11) is 0. The number of rotatable bonds is 11. The minimum Gasteiger partial charge on any atom is -0.480 e. The normalized spacial score (nSPS) is 13.8. The van der Waals surface area contributed by atoms with Gasteiger partial charge in [0, 0.05) is 17.0 Å². The first-order chi connectivity index (χ1) is 20.5. The molecule has 42 heavy (non-hydrogen) atoms. The van der Waals surface area contributed by atoms with E-state index in [2.05, 4.69) is 50.5 Å². The molecule has 10 heteroatoms. The van der Waals surface area contributed by atoms with Gasteiger partial charge in [0.2, 0.25) is 0 Å². The van der Waals surface area contributed by atoms with E-state index in [4.69, 9.17) is 4.74 Å². The van der Waals surface area contributed by atoms with Crippen molar-refractivity contribution in [1.82, 2.24) is 25.5 Å². The van der Waals surface area contributed by atoms with Gasteiger partial charge in [0.1, 0.15) is 6.61 Å². The number of fused-ring (bicyclic) bond motifs is 4. The Hall–Kier alpha value is -4.57. The molecule has 1 aliphatic rings. The van der Waals surface area contributed by atoms with Crippen LogP contribution in [0.4, 0.5) is 4.79 Å². The van der Waals surface area contributed by atoms with Crippen LogP contribution in [-0.4, -0.2) is 44.0 Å². The van der Waals surface area contributed by atoms with Gasteiger partial charge in [0.25, 0.3) is 0 Å². The Bertz CT molecular complexity index is 1690. The molecule has 5 aromatic rings. The summed E-state index contributed by atoms with van der Waals surface area (Å²) in [5, 5.41) is 28.2. The maximum absolute atomic E-state index is 13.4. The molecule has 1 aliphatic carbocycles. The van der Waals surface area contributed by atoms with Crippen molar-refractivity contribution in [2.45, 2.75) is 50.6 Å². The molecule has 0 aliphatic heterocycles. The number of hydrogen-bond acceptors (Lipinski definition) is 7. The highest BCUT2D eigenvalue weighted by Gasteiger charge is 2.32. The molecule has 2 heterocycles. The first kappa shape index (κ1) is 27.6. The van der Waals surface area contributed by atoms with Gasteiger partial charge in [-0.15, -0.1) is 16.4 Å². The second-order valence-electron chi connectivity index (χ2n) is 10.5. The van der Waals surface area contributed by atoms with Crippen molar-refractivity contribution >= 4 is 33.5 Å². The summed E-state index contributed by atoms with van der Waals surface area (Å²) >= 11 is 1.62. The Balaban J connectivity index is 1.27. The van der Waals surface area contributed by atoms with Crippen LogP contribution in [0, 0.1) is 0 Å². The first-order valence-corrected chi connectivity index (χ1v) is 15.0. The van der Waals surface area contributed by atoms with Gasteiger partial charge in [0.05, 0.1) is 6.04 Å². The quantitative estimate of drug-likeness (QED) is 0.182. The number of ether oxygens (including phenoxy) is 1. The molecule has 0 radical (unpaired) electrons. The van der Waals surface area contributed by atoms with Gasteiger partial charge in [-0.3, -0.25) is 0 Å². The molecule has 1 unspecified atom stereocenters. The third kappa shape index (κ3) is 5.37. The van der Waals surface area contributed by atoms with Crippen LogP contribution in [0.1, 0.15) is 66.7 Å². The molecule has 0 bridgehead atoms. The van der Waals surface area contributed by atoms with E-state index in [0.717, 1.165) is 44.3 Å². The van der Waals surface area contributed by atoms with Crippen molar-refractivity contribution in [2.75, 3.05) is 6.61 Å². The van der Waals surface area contributed by atoms with Gasteiger partial charge in [-0.25, -0.2) is 14.3 Å². The third-order valence-corrected chi connectivity index (χ3v) is 8.87. The average Bonchev–Trinajstić information content (AvgIpc) is 3.72. The van der Waals surface area contributed by atoms with Crippen molar-refractivity contribution in [3.63, 3.8) is 0 Å². The van der Waals surface area contributed by atoms with Crippen LogP contribution in [-0.2, 0) is 16.0 Å². The smallest absolute Gasteiger partial charge is 0.407 e. The number of hydrogen-bond donors (Lipinski definition) is 2. The Labute approximate surface area is 247 Å². The highest BCUT2D eigenvalue weighted by Crippen LogP contribution is 2.44. The minimum atomic E-state index is -1.02. The van der Waals surface area contributed by atoms with Crippen LogP contribution in [0.2, 0.25) is 0 Å². The number of carbonyl (C=O) groups excluding carboxylic acids is 1. The molecule has 2 N–H and O–H groups in total. The standard InChI is InChI=1S/C32H31N5O4S/c1-2-3-15-28(31(38)39)37-30(34-35-36-37)27(17-20-19-42-29-16-9-8-10-21(20)29)33-32(40)41-18-26-24-13-6-4-11-22(24)23-12-5-7-14-25(23)26/h4-14,16,19,26-28H,2-3,15,17-18H2,1H3,(H,33,40)(H,38,39)/t27-,28?/m0/s1. The van der Waals surface area contributed by atoms with E-state index in [1.165, 1.54) is 4.68 Å². The van der Waals surface area contributed by atoms with Crippen LogP contribution in [0.5, 0.6) is 0 Å². The molecule has 2 aromatic heterocycles. The zero-order chi connectivity index (χ0) is 29.1. The highest BCUT2D eigenvalue weighted by atomic mass is 32.1. The van der Waals surface area contributed by atoms with Crippen molar-refractivity contribution in [3.05, 3.63) is 101 Å². The van der Waals surface area contributed by atoms with Gasteiger partial charge >= 0.3 is 12.1 Å². The number of carboxylic acid groups (broad SMARTS) is 1. The fourth-order valence-electron chi connectivity index (χ4n) is 5.80. The van der Waals surface area contributed by atoms with Crippen molar-refractivity contribution in [3.8, 4) is 11.1 Å². The maximum Gasteiger partial charge on any atom is 0.407 e. The summed E-state index contributed by atoms with van der Waals surface area (Å²) in [5.74, 6) is -0.821. The van der Waals surface area contributed by atoms with Gasteiger partial charge in [0.15, 0.2) is 11.9 Å². The number of thiophene rings is 1. The SMILES string of the molecule is CCCCC(C(=O)O)n1nnnc1[C@H](Cc1csc2ccccc12)NC(=O)OCC1c2ccccc2-c2ccccc21. The third-order valence-electron chi connectivity index (χ3n) is 7.86. The zero-order valence-electron chi connectivity index (χ0n) is 23.1. The molecule has 3 aromatic carbocycles. The number of carbonyl (C=O) groups is 2. The molecule has 9 nitrogen and oxygen atoms in total. The highest BCUT2D eigenvalue weighted by molar-refractivity contribution is 7.17. The van der Waals surface area contributed by atoms with Crippen LogP contribution in [0.15, 0.2) is 78.2 Å². The first-order valence-electron chi connectivity index (χ1n) is 14.1. The van der Waals surface area contributed by atoms with Crippen molar-refractivity contribution in [2.24, 2.45) is 0 Å². The van der Waals surface area contributed by atoms with E-state index >= 15 is 0 Å². The van der Waals surface area contributed by atoms with Crippen LogP contribution in [0.3, 0.4) is 0 Å². The lowest BCUT2D eigenvalue weighted by Crippen LogP contribution is -2.35. The number of carboxylic acids is 1. The molecule has 0 spiro atoms.